The number of hydrogen-bond acceptors (Lipinski definition) is 7. The first-order valence-corrected chi connectivity index (χ1v) is 7.69. The molecule has 2 rings (SSSR count). The van der Waals surface area contributed by atoms with Crippen molar-refractivity contribution in [2.75, 3.05) is 11.1 Å². The largest absolute Gasteiger partial charge is 0.618 e. The van der Waals surface area contributed by atoms with Gasteiger partial charge in [0.1, 0.15) is 11.5 Å². The topological polar surface area (TPSA) is 108 Å². The molecule has 1 N–H and O–H groups in total. The van der Waals surface area contributed by atoms with Gasteiger partial charge in [-0.1, -0.05) is 5.16 Å². The highest BCUT2D eigenvalue weighted by Gasteiger charge is 2.20. The van der Waals surface area contributed by atoms with E-state index >= 15 is 0 Å². The first kappa shape index (κ1) is 16.8. The van der Waals surface area contributed by atoms with Gasteiger partial charge in [-0.05, 0) is 31.7 Å². The number of ether oxygens (including phenoxy) is 1. The molecule has 0 aliphatic rings. The van der Waals surface area contributed by atoms with E-state index in [1.807, 2.05) is 0 Å². The van der Waals surface area contributed by atoms with E-state index in [9.17, 15) is 14.8 Å². The van der Waals surface area contributed by atoms with E-state index in [2.05, 4.69) is 10.5 Å². The summed E-state index contributed by atoms with van der Waals surface area (Å²) in [6.07, 6.45) is 0.346. The maximum Gasteiger partial charge on any atom is 0.317 e. The Kier molecular flexibility index (Phi) is 5.58. The van der Waals surface area contributed by atoms with Gasteiger partial charge in [-0.2, -0.15) is 4.73 Å². The van der Waals surface area contributed by atoms with Crippen molar-refractivity contribution in [1.82, 2.24) is 5.16 Å². The number of aryl methyl sites for hydroxylation is 1. The van der Waals surface area contributed by atoms with Crippen molar-refractivity contribution < 1.29 is 23.6 Å². The van der Waals surface area contributed by atoms with E-state index in [0.717, 1.165) is 11.8 Å². The number of hydrogen-bond donors (Lipinski definition) is 1. The Hall–Kier alpha value is -2.55. The average molecular weight is 337 g/mol. The molecule has 122 valence electrons. The molecule has 9 heteroatoms. The molecule has 8 nitrogen and oxygen atoms in total. The number of nitrogens with one attached hydrogen (secondary N) is 1. The summed E-state index contributed by atoms with van der Waals surface area (Å²) in [6, 6.07) is 6.42. The third-order valence-electron chi connectivity index (χ3n) is 2.68. The van der Waals surface area contributed by atoms with Gasteiger partial charge in [0.25, 0.3) is 10.9 Å². The lowest BCUT2D eigenvalue weighted by molar-refractivity contribution is -0.645. The molecule has 0 unspecified atom stereocenters. The van der Waals surface area contributed by atoms with Crippen LogP contribution in [0.4, 0.5) is 5.82 Å². The molecule has 1 amide bonds. The van der Waals surface area contributed by atoms with Gasteiger partial charge >= 0.3 is 5.97 Å². The molecule has 0 aliphatic carbocycles. The molecule has 0 aromatic carbocycles. The standard InChI is InChI=1S/C14H15N3O5S/c1-9-7-11(16-22-9)15-14(19)10(2)21-13(18)8-23-12-5-3-4-6-17(12)20/h3-7,10H,8H2,1-2H3,(H,15,16,19)/t10-/m1/s1. The SMILES string of the molecule is Cc1cc(NC(=O)[C@@H](C)OC(=O)CSc2cccc[n+]2[O-])no1. The van der Waals surface area contributed by atoms with Gasteiger partial charge in [-0.25, -0.2) is 0 Å². The van der Waals surface area contributed by atoms with Gasteiger partial charge in [0.15, 0.2) is 18.1 Å². The molecule has 0 fully saturated rings. The zero-order valence-corrected chi connectivity index (χ0v) is 13.3. The second-order valence-electron chi connectivity index (χ2n) is 4.60. The molecule has 2 heterocycles. The van der Waals surface area contributed by atoms with Crippen molar-refractivity contribution in [1.29, 1.82) is 0 Å². The van der Waals surface area contributed by atoms with Crippen molar-refractivity contribution in [3.63, 3.8) is 0 Å². The number of pyridine rings is 1. The van der Waals surface area contributed by atoms with Gasteiger partial charge in [0.2, 0.25) is 0 Å². The molecule has 1 atom stereocenters. The molecule has 0 saturated carbocycles. The fourth-order valence-electron chi connectivity index (χ4n) is 1.60. The Balaban J connectivity index is 1.80. The summed E-state index contributed by atoms with van der Waals surface area (Å²) in [5.41, 5.74) is 0. The molecular formula is C14H15N3O5S. The van der Waals surface area contributed by atoms with Crippen molar-refractivity contribution in [3.05, 3.63) is 41.4 Å². The van der Waals surface area contributed by atoms with Crippen molar-refractivity contribution in [3.8, 4) is 0 Å². The number of nitrogens with zero attached hydrogens (tertiary/aromatic N) is 2. The Labute approximate surface area is 136 Å². The number of aromatic nitrogens is 2. The number of esters is 1. The number of carbonyl (C=O) groups is 2. The molecule has 23 heavy (non-hydrogen) atoms. The molecule has 0 spiro atoms. The molecule has 2 aromatic heterocycles. The van der Waals surface area contributed by atoms with E-state index < -0.39 is 18.0 Å². The number of anilines is 1. The molecule has 0 saturated heterocycles. The zero-order chi connectivity index (χ0) is 16.8. The first-order valence-electron chi connectivity index (χ1n) is 6.70. The van der Waals surface area contributed by atoms with Crippen LogP contribution in [-0.4, -0.2) is 28.9 Å². The van der Waals surface area contributed by atoms with Crippen LogP contribution in [0, 0.1) is 12.1 Å². The van der Waals surface area contributed by atoms with Crippen molar-refractivity contribution in [2.24, 2.45) is 0 Å². The second-order valence-corrected chi connectivity index (χ2v) is 5.59. The van der Waals surface area contributed by atoms with E-state index in [-0.39, 0.29) is 11.6 Å². The molecule has 0 aliphatic heterocycles. The maximum atomic E-state index is 11.9. The smallest absolute Gasteiger partial charge is 0.317 e. The lowest BCUT2D eigenvalue weighted by Crippen LogP contribution is -2.31. The van der Waals surface area contributed by atoms with Crippen LogP contribution in [0.2, 0.25) is 0 Å². The molecular weight excluding hydrogens is 322 g/mol. The van der Waals surface area contributed by atoms with Gasteiger partial charge in [0, 0.05) is 18.2 Å². The highest BCUT2D eigenvalue weighted by atomic mass is 32.2. The number of carbonyl (C=O) groups excluding carboxylic acids is 2. The first-order chi connectivity index (χ1) is 11.0. The van der Waals surface area contributed by atoms with Crippen molar-refractivity contribution in [2.45, 2.75) is 25.0 Å². The maximum absolute atomic E-state index is 11.9. The van der Waals surface area contributed by atoms with E-state index in [0.29, 0.717) is 15.5 Å². The van der Waals surface area contributed by atoms with Gasteiger partial charge in [0.05, 0.1) is 0 Å². The highest BCUT2D eigenvalue weighted by Crippen LogP contribution is 2.13. The quantitative estimate of drug-likeness (QED) is 0.366. The summed E-state index contributed by atoms with van der Waals surface area (Å²) in [7, 11) is 0. The molecule has 2 aromatic rings. The minimum atomic E-state index is -0.991. The Morgan fingerprint density at radius 1 is 1.52 bits per heavy atom. The minimum Gasteiger partial charge on any atom is -0.618 e. The van der Waals surface area contributed by atoms with Crippen LogP contribution in [-0.2, 0) is 14.3 Å². The summed E-state index contributed by atoms with van der Waals surface area (Å²) >= 11 is 1.03. The van der Waals surface area contributed by atoms with Crippen LogP contribution in [0.5, 0.6) is 0 Å². The van der Waals surface area contributed by atoms with Crippen LogP contribution >= 0.6 is 11.8 Å². The van der Waals surface area contributed by atoms with Crippen LogP contribution in [0.15, 0.2) is 40.0 Å². The van der Waals surface area contributed by atoms with Crippen molar-refractivity contribution >= 4 is 29.5 Å². The highest BCUT2D eigenvalue weighted by molar-refractivity contribution is 7.99. The molecule has 0 radical (unpaired) electrons. The van der Waals surface area contributed by atoms with E-state index in [4.69, 9.17) is 9.26 Å². The third kappa shape index (κ3) is 4.99. The summed E-state index contributed by atoms with van der Waals surface area (Å²) in [4.78, 5) is 23.6. The predicted octanol–water partition coefficient (Wildman–Crippen LogP) is 1.28. The monoisotopic (exact) mass is 337 g/mol. The lowest BCUT2D eigenvalue weighted by Gasteiger charge is -2.11. The Bertz CT molecular complexity index is 703. The minimum absolute atomic E-state index is 0.0764. The Morgan fingerprint density at radius 3 is 2.96 bits per heavy atom. The van der Waals surface area contributed by atoms with E-state index in [1.165, 1.54) is 13.1 Å². The third-order valence-corrected chi connectivity index (χ3v) is 3.68. The Morgan fingerprint density at radius 2 is 2.30 bits per heavy atom. The fourth-order valence-corrected chi connectivity index (χ4v) is 2.29. The summed E-state index contributed by atoms with van der Waals surface area (Å²) in [6.45, 7) is 3.14. The van der Waals surface area contributed by atoms with Gasteiger partial charge in [-0.3, -0.25) is 9.59 Å². The normalized spacial score (nSPS) is 11.7. The molecule has 0 bridgehead atoms. The fraction of sp³-hybridized carbons (Fsp3) is 0.286. The summed E-state index contributed by atoms with van der Waals surface area (Å²) < 4.78 is 10.5. The van der Waals surface area contributed by atoms with Crippen LogP contribution in [0.1, 0.15) is 12.7 Å². The second kappa shape index (κ2) is 7.63. The van der Waals surface area contributed by atoms with Gasteiger partial charge < -0.3 is 19.8 Å². The summed E-state index contributed by atoms with van der Waals surface area (Å²) in [5, 5.41) is 17.9. The van der Waals surface area contributed by atoms with Crippen LogP contribution < -0.4 is 10.0 Å². The lowest BCUT2D eigenvalue weighted by atomic mass is 10.3. The average Bonchev–Trinajstić information content (AvgIpc) is 2.91. The van der Waals surface area contributed by atoms with Crippen LogP contribution in [0.3, 0.4) is 0 Å². The number of amides is 1. The summed E-state index contributed by atoms with van der Waals surface area (Å²) in [5.74, 6) is -0.392. The van der Waals surface area contributed by atoms with Gasteiger partial charge in [-0.15, -0.1) is 0 Å². The number of rotatable bonds is 6. The van der Waals surface area contributed by atoms with E-state index in [1.54, 1.807) is 31.2 Å². The zero-order valence-electron chi connectivity index (χ0n) is 12.5. The van der Waals surface area contributed by atoms with Crippen LogP contribution in [0.25, 0.3) is 0 Å². The number of thioether (sulfide) groups is 1. The predicted molar refractivity (Wildman–Crippen MR) is 81.5 cm³/mol.